The van der Waals surface area contributed by atoms with Crippen molar-refractivity contribution in [1.82, 2.24) is 4.57 Å². The number of hydrogen-bond acceptors (Lipinski definition) is 1. The summed E-state index contributed by atoms with van der Waals surface area (Å²) in [6.45, 7) is 4.47. The van der Waals surface area contributed by atoms with Crippen molar-refractivity contribution in [2.45, 2.75) is 12.8 Å². The van der Waals surface area contributed by atoms with E-state index in [9.17, 15) is 0 Å². The van der Waals surface area contributed by atoms with E-state index in [0.717, 1.165) is 40.1 Å². The zero-order valence-electron chi connectivity index (χ0n) is 33.5. The lowest BCUT2D eigenvalue weighted by molar-refractivity contribution is 1.18. The standard InChI is InChI=1S/C57H45N3/c1-41(54(40-26-42-15-5-2-6-16-42)59-57(58)49-19-9-4-10-20-49)25-39-51(47-17-7-3-8-18-47)48-33-31-45(32-34-48)43-27-29-44(30-28-43)46-35-37-50(38-36-46)60-55-23-13-11-21-52(55)53-22-12-14-24-56(53)60/h2-17,19-25,27-40H,1,18,26H2,(H2,58,59)/b39-25-,51-47+,54-40-. The third-order valence-corrected chi connectivity index (χ3v) is 11.1. The molecule has 2 N–H and O–H groups in total. The summed E-state index contributed by atoms with van der Waals surface area (Å²) in [5, 5.41) is 2.54. The Hall–Kier alpha value is -7.75. The summed E-state index contributed by atoms with van der Waals surface area (Å²) in [6, 6.07) is 64.1. The molecule has 1 heterocycles. The zero-order valence-corrected chi connectivity index (χ0v) is 33.5. The summed E-state index contributed by atoms with van der Waals surface area (Å²) < 4.78 is 2.36. The number of hydrogen-bond donors (Lipinski definition) is 1. The van der Waals surface area contributed by atoms with E-state index in [1.807, 2.05) is 36.4 Å². The first kappa shape index (κ1) is 37.8. The Kier molecular flexibility index (Phi) is 11.0. The Morgan fingerprint density at radius 2 is 1.10 bits per heavy atom. The van der Waals surface area contributed by atoms with Crippen molar-refractivity contribution in [3.63, 3.8) is 0 Å². The number of benzene rings is 7. The Labute approximate surface area is 352 Å². The molecular formula is C57H45N3. The van der Waals surface area contributed by atoms with Crippen LogP contribution in [0.2, 0.25) is 0 Å². The van der Waals surface area contributed by atoms with Crippen LogP contribution in [0.15, 0.2) is 253 Å². The summed E-state index contributed by atoms with van der Waals surface area (Å²) in [5.74, 6) is 0.459. The van der Waals surface area contributed by atoms with Crippen LogP contribution in [0.25, 0.3) is 55.3 Å². The second-order valence-electron chi connectivity index (χ2n) is 15.0. The van der Waals surface area contributed by atoms with Crippen LogP contribution in [-0.4, -0.2) is 10.4 Å². The molecule has 3 heteroatoms. The number of aliphatic imine (C=N–C) groups is 1. The van der Waals surface area contributed by atoms with Crippen molar-refractivity contribution >= 4 is 33.2 Å². The molecule has 7 aromatic carbocycles. The van der Waals surface area contributed by atoms with Gasteiger partial charge in [0.25, 0.3) is 0 Å². The Balaban J connectivity index is 0.954. The summed E-state index contributed by atoms with van der Waals surface area (Å²) >= 11 is 0. The van der Waals surface area contributed by atoms with Crippen molar-refractivity contribution in [2.75, 3.05) is 0 Å². The zero-order chi connectivity index (χ0) is 40.7. The van der Waals surface area contributed by atoms with E-state index in [2.05, 4.69) is 199 Å². The molecule has 0 atom stereocenters. The van der Waals surface area contributed by atoms with E-state index in [1.54, 1.807) is 0 Å². The molecule has 0 amide bonds. The highest BCUT2D eigenvalue weighted by Crippen LogP contribution is 2.34. The second-order valence-corrected chi connectivity index (χ2v) is 15.0. The highest BCUT2D eigenvalue weighted by Gasteiger charge is 2.13. The largest absolute Gasteiger partial charge is 0.383 e. The first-order chi connectivity index (χ1) is 29.6. The van der Waals surface area contributed by atoms with E-state index >= 15 is 0 Å². The summed E-state index contributed by atoms with van der Waals surface area (Å²) in [6.07, 6.45) is 16.5. The van der Waals surface area contributed by atoms with Gasteiger partial charge in [0.05, 0.1) is 16.7 Å². The van der Waals surface area contributed by atoms with Crippen molar-refractivity contribution in [3.8, 4) is 27.9 Å². The van der Waals surface area contributed by atoms with Gasteiger partial charge in [-0.3, -0.25) is 0 Å². The highest BCUT2D eigenvalue weighted by atomic mass is 15.0. The molecule has 0 fully saturated rings. The molecule has 0 radical (unpaired) electrons. The molecule has 1 aliphatic rings. The lowest BCUT2D eigenvalue weighted by Crippen LogP contribution is -2.13. The number of para-hydroxylation sites is 2. The average Bonchev–Trinajstić information content (AvgIpc) is 3.66. The minimum atomic E-state index is 0.459. The molecule has 1 aliphatic carbocycles. The van der Waals surface area contributed by atoms with Gasteiger partial charge in [0, 0.05) is 22.0 Å². The first-order valence-electron chi connectivity index (χ1n) is 20.5. The van der Waals surface area contributed by atoms with E-state index in [1.165, 1.54) is 55.2 Å². The van der Waals surface area contributed by atoms with Gasteiger partial charge in [-0.1, -0.05) is 207 Å². The van der Waals surface area contributed by atoms with E-state index < -0.39 is 0 Å². The van der Waals surface area contributed by atoms with E-state index in [4.69, 9.17) is 10.7 Å². The summed E-state index contributed by atoms with van der Waals surface area (Å²) in [4.78, 5) is 4.89. The molecule has 0 spiro atoms. The van der Waals surface area contributed by atoms with Gasteiger partial charge in [-0.2, -0.15) is 0 Å². The third-order valence-electron chi connectivity index (χ3n) is 11.1. The van der Waals surface area contributed by atoms with Crippen LogP contribution in [0.3, 0.4) is 0 Å². The minimum Gasteiger partial charge on any atom is -0.383 e. The molecular weight excluding hydrogens is 727 g/mol. The Bertz CT molecular complexity index is 2940. The van der Waals surface area contributed by atoms with Crippen LogP contribution in [0, 0.1) is 0 Å². The van der Waals surface area contributed by atoms with Gasteiger partial charge in [-0.25, -0.2) is 4.99 Å². The minimum absolute atomic E-state index is 0.459. The highest BCUT2D eigenvalue weighted by molar-refractivity contribution is 6.09. The topological polar surface area (TPSA) is 43.3 Å². The fourth-order valence-corrected chi connectivity index (χ4v) is 7.95. The van der Waals surface area contributed by atoms with Crippen molar-refractivity contribution in [2.24, 2.45) is 10.7 Å². The molecule has 1 aromatic heterocycles. The van der Waals surface area contributed by atoms with Gasteiger partial charge in [-0.15, -0.1) is 0 Å². The number of allylic oxidation sites excluding steroid dienone is 9. The maximum absolute atomic E-state index is 6.54. The number of rotatable bonds is 11. The predicted octanol–water partition coefficient (Wildman–Crippen LogP) is 14.0. The van der Waals surface area contributed by atoms with Crippen LogP contribution >= 0.6 is 0 Å². The van der Waals surface area contributed by atoms with Crippen LogP contribution in [-0.2, 0) is 6.42 Å². The second kappa shape index (κ2) is 17.4. The molecule has 8 aromatic rings. The number of fused-ring (bicyclic) bond motifs is 3. The van der Waals surface area contributed by atoms with E-state index in [-0.39, 0.29) is 0 Å². The smallest absolute Gasteiger partial charge is 0.131 e. The van der Waals surface area contributed by atoms with Gasteiger partial charge >= 0.3 is 0 Å². The van der Waals surface area contributed by atoms with E-state index in [0.29, 0.717) is 12.3 Å². The molecule has 0 bridgehead atoms. The van der Waals surface area contributed by atoms with Gasteiger partial charge in [0.2, 0.25) is 0 Å². The number of nitrogens with two attached hydrogens (primary N) is 1. The van der Waals surface area contributed by atoms with Gasteiger partial charge in [0.15, 0.2) is 0 Å². The quantitative estimate of drug-likeness (QED) is 0.0794. The average molecular weight is 772 g/mol. The molecule has 0 aliphatic heterocycles. The molecule has 288 valence electrons. The van der Waals surface area contributed by atoms with Crippen LogP contribution < -0.4 is 5.73 Å². The molecule has 9 rings (SSSR count). The van der Waals surface area contributed by atoms with Crippen LogP contribution in [0.4, 0.5) is 0 Å². The number of aromatic nitrogens is 1. The maximum atomic E-state index is 6.54. The van der Waals surface area contributed by atoms with Crippen molar-refractivity contribution < 1.29 is 0 Å². The predicted molar refractivity (Wildman–Crippen MR) is 255 cm³/mol. The molecule has 0 unspecified atom stereocenters. The fraction of sp³-hybridized carbons (Fsp3) is 0.0351. The number of nitrogens with zero attached hydrogens (tertiary/aromatic N) is 2. The van der Waals surface area contributed by atoms with Crippen molar-refractivity contribution in [3.05, 3.63) is 265 Å². The number of amidine groups is 1. The van der Waals surface area contributed by atoms with Crippen molar-refractivity contribution in [1.29, 1.82) is 0 Å². The lowest BCUT2D eigenvalue weighted by Gasteiger charge is -2.13. The Morgan fingerprint density at radius 3 is 1.68 bits per heavy atom. The summed E-state index contributed by atoms with van der Waals surface area (Å²) in [7, 11) is 0. The third kappa shape index (κ3) is 8.16. The normalized spacial score (nSPS) is 14.0. The van der Waals surface area contributed by atoms with Gasteiger partial charge in [-0.05, 0) is 87.2 Å². The lowest BCUT2D eigenvalue weighted by atomic mass is 9.92. The maximum Gasteiger partial charge on any atom is 0.131 e. The first-order valence-corrected chi connectivity index (χ1v) is 20.5. The van der Waals surface area contributed by atoms with Gasteiger partial charge in [0.1, 0.15) is 5.84 Å². The molecule has 0 saturated heterocycles. The molecule has 3 nitrogen and oxygen atoms in total. The molecule has 0 saturated carbocycles. The SMILES string of the molecule is C=C(/C=C\C(=C1\C=CC=CC1)c1ccc(-c2ccc(-c3ccc(-n4c5ccccc5c5ccccc54)cc3)cc2)cc1)C(=C/Cc1ccccc1)/N=C(\N)c1ccccc1. The fourth-order valence-electron chi connectivity index (χ4n) is 7.95. The van der Waals surface area contributed by atoms with Crippen LogP contribution in [0.1, 0.15) is 23.1 Å². The van der Waals surface area contributed by atoms with Gasteiger partial charge < -0.3 is 10.3 Å². The van der Waals surface area contributed by atoms with Crippen LogP contribution in [0.5, 0.6) is 0 Å². The monoisotopic (exact) mass is 771 g/mol. The summed E-state index contributed by atoms with van der Waals surface area (Å²) in [5.41, 5.74) is 22.0. The Morgan fingerprint density at radius 1 is 0.567 bits per heavy atom. The molecule has 60 heavy (non-hydrogen) atoms.